The Kier molecular flexibility index (Phi) is 4.09. The van der Waals surface area contributed by atoms with Gasteiger partial charge >= 0.3 is 0 Å². The highest BCUT2D eigenvalue weighted by molar-refractivity contribution is 5.90. The summed E-state index contributed by atoms with van der Waals surface area (Å²) in [7, 11) is 0. The summed E-state index contributed by atoms with van der Waals surface area (Å²) in [6.45, 7) is 8.93. The van der Waals surface area contributed by atoms with Crippen molar-refractivity contribution in [2.45, 2.75) is 20.8 Å². The predicted octanol–water partition coefficient (Wildman–Crippen LogP) is 3.60. The molecule has 0 saturated carbocycles. The van der Waals surface area contributed by atoms with Gasteiger partial charge < -0.3 is 10.2 Å². The monoisotopic (exact) mass is 294 g/mol. The largest absolute Gasteiger partial charge is 0.354 e. The van der Waals surface area contributed by atoms with E-state index in [2.05, 4.69) is 72.4 Å². The van der Waals surface area contributed by atoms with Crippen molar-refractivity contribution in [3.63, 3.8) is 0 Å². The van der Waals surface area contributed by atoms with Crippen molar-refractivity contribution in [3.8, 4) is 0 Å². The quantitative estimate of drug-likeness (QED) is 0.935. The number of rotatable bonds is 4. The van der Waals surface area contributed by atoms with Gasteiger partial charge in [-0.15, -0.1) is 0 Å². The Morgan fingerprint density at radius 2 is 1.91 bits per heavy atom. The van der Waals surface area contributed by atoms with E-state index >= 15 is 0 Å². The third kappa shape index (κ3) is 2.69. The second-order valence-corrected chi connectivity index (χ2v) is 5.45. The van der Waals surface area contributed by atoms with Crippen molar-refractivity contribution in [1.29, 1.82) is 0 Å². The molecular formula is C18H22N4. The first-order valence-corrected chi connectivity index (χ1v) is 7.86. The summed E-state index contributed by atoms with van der Waals surface area (Å²) in [5, 5.41) is 3.22. The predicted molar refractivity (Wildman–Crippen MR) is 93.1 cm³/mol. The highest BCUT2D eigenvalue weighted by Gasteiger charge is 2.22. The summed E-state index contributed by atoms with van der Waals surface area (Å²) in [6, 6.07) is 10.5. The van der Waals surface area contributed by atoms with E-state index in [1.807, 2.05) is 0 Å². The van der Waals surface area contributed by atoms with Gasteiger partial charge in [0.05, 0.1) is 5.69 Å². The van der Waals surface area contributed by atoms with E-state index in [-0.39, 0.29) is 0 Å². The number of anilines is 2. The van der Waals surface area contributed by atoms with Crippen molar-refractivity contribution in [1.82, 2.24) is 9.97 Å². The number of nitrogens with zero attached hydrogens (tertiary/aromatic N) is 3. The van der Waals surface area contributed by atoms with Crippen molar-refractivity contribution in [2.75, 3.05) is 29.9 Å². The Morgan fingerprint density at radius 1 is 1.14 bits per heavy atom. The van der Waals surface area contributed by atoms with Gasteiger partial charge in [0.1, 0.15) is 5.82 Å². The summed E-state index contributed by atoms with van der Waals surface area (Å²) in [5.74, 6) is 1.75. The minimum Gasteiger partial charge on any atom is -0.354 e. The van der Waals surface area contributed by atoms with Crippen LogP contribution in [0.2, 0.25) is 0 Å². The van der Waals surface area contributed by atoms with Crippen LogP contribution in [0.4, 0.5) is 11.8 Å². The zero-order valence-electron chi connectivity index (χ0n) is 13.4. The lowest BCUT2D eigenvalue weighted by molar-refractivity contribution is 0.868. The standard InChI is InChI=1S/C18H22N4/c1-4-19-18-20-13(3)16-11-15(14-9-7-6-8-10-14)12-22(5-2)17(16)21-18/h6-11H,4-5,12H2,1-3H3,(H,19,20,21). The summed E-state index contributed by atoms with van der Waals surface area (Å²) in [4.78, 5) is 11.6. The molecule has 2 heterocycles. The molecule has 22 heavy (non-hydrogen) atoms. The molecule has 4 nitrogen and oxygen atoms in total. The van der Waals surface area contributed by atoms with Crippen molar-refractivity contribution in [2.24, 2.45) is 0 Å². The number of nitrogens with one attached hydrogen (secondary N) is 1. The van der Waals surface area contributed by atoms with Crippen molar-refractivity contribution in [3.05, 3.63) is 47.2 Å². The Bertz CT molecular complexity index is 692. The Hall–Kier alpha value is -2.36. The van der Waals surface area contributed by atoms with E-state index < -0.39 is 0 Å². The topological polar surface area (TPSA) is 41.1 Å². The molecule has 1 N–H and O–H groups in total. The molecular weight excluding hydrogens is 272 g/mol. The molecule has 1 aliphatic rings. The average Bonchev–Trinajstić information content (AvgIpc) is 2.55. The fraction of sp³-hybridized carbons (Fsp3) is 0.333. The van der Waals surface area contributed by atoms with Crippen LogP contribution in [0.3, 0.4) is 0 Å². The number of likely N-dealkylation sites (N-methyl/N-ethyl adjacent to an activating group) is 1. The van der Waals surface area contributed by atoms with Crippen LogP contribution in [0.5, 0.6) is 0 Å². The van der Waals surface area contributed by atoms with Crippen LogP contribution >= 0.6 is 0 Å². The van der Waals surface area contributed by atoms with Crippen LogP contribution in [-0.2, 0) is 0 Å². The molecule has 4 heteroatoms. The van der Waals surface area contributed by atoms with Gasteiger partial charge in [-0.2, -0.15) is 4.98 Å². The first kappa shape index (κ1) is 14.6. The van der Waals surface area contributed by atoms with Gasteiger partial charge in [0.25, 0.3) is 0 Å². The maximum atomic E-state index is 4.70. The molecule has 0 spiro atoms. The zero-order chi connectivity index (χ0) is 15.5. The molecule has 0 aliphatic carbocycles. The molecule has 1 aromatic carbocycles. The molecule has 0 unspecified atom stereocenters. The molecule has 0 amide bonds. The van der Waals surface area contributed by atoms with Crippen LogP contribution in [0.1, 0.15) is 30.7 Å². The van der Waals surface area contributed by atoms with E-state index in [1.165, 1.54) is 11.1 Å². The fourth-order valence-electron chi connectivity index (χ4n) is 2.80. The van der Waals surface area contributed by atoms with Gasteiger partial charge in [-0.3, -0.25) is 0 Å². The smallest absolute Gasteiger partial charge is 0.224 e. The number of aromatic nitrogens is 2. The fourth-order valence-corrected chi connectivity index (χ4v) is 2.80. The van der Waals surface area contributed by atoms with Gasteiger partial charge in [0.15, 0.2) is 0 Å². The molecule has 114 valence electrons. The Morgan fingerprint density at radius 3 is 2.59 bits per heavy atom. The molecule has 0 fully saturated rings. The number of aryl methyl sites for hydroxylation is 1. The molecule has 3 rings (SSSR count). The van der Waals surface area contributed by atoms with E-state index in [0.29, 0.717) is 5.95 Å². The van der Waals surface area contributed by atoms with E-state index in [0.717, 1.165) is 36.7 Å². The van der Waals surface area contributed by atoms with Crippen LogP contribution < -0.4 is 10.2 Å². The maximum absolute atomic E-state index is 4.70. The minimum absolute atomic E-state index is 0.716. The lowest BCUT2D eigenvalue weighted by Crippen LogP contribution is -2.30. The second-order valence-electron chi connectivity index (χ2n) is 5.45. The second kappa shape index (κ2) is 6.18. The van der Waals surface area contributed by atoms with Crippen LogP contribution in [0.15, 0.2) is 30.3 Å². The molecule has 1 aromatic heterocycles. The number of fused-ring (bicyclic) bond motifs is 1. The lowest BCUT2D eigenvalue weighted by Gasteiger charge is -2.30. The Balaban J connectivity index is 2.09. The molecule has 1 aliphatic heterocycles. The molecule has 0 radical (unpaired) electrons. The van der Waals surface area contributed by atoms with Gasteiger partial charge in [0, 0.05) is 25.2 Å². The van der Waals surface area contributed by atoms with Crippen LogP contribution in [0.25, 0.3) is 11.6 Å². The first-order chi connectivity index (χ1) is 10.7. The van der Waals surface area contributed by atoms with E-state index in [9.17, 15) is 0 Å². The number of hydrogen-bond acceptors (Lipinski definition) is 4. The normalized spacial score (nSPS) is 13.6. The Labute approximate surface area is 131 Å². The number of benzene rings is 1. The lowest BCUT2D eigenvalue weighted by atomic mass is 9.98. The van der Waals surface area contributed by atoms with Crippen LogP contribution in [0, 0.1) is 6.92 Å². The minimum atomic E-state index is 0.716. The molecule has 0 bridgehead atoms. The van der Waals surface area contributed by atoms with Crippen molar-refractivity contribution >= 4 is 23.4 Å². The molecule has 0 saturated heterocycles. The van der Waals surface area contributed by atoms with Gasteiger partial charge in [-0.05, 0) is 38.0 Å². The van der Waals surface area contributed by atoms with Gasteiger partial charge in [0.2, 0.25) is 5.95 Å². The summed E-state index contributed by atoms with van der Waals surface area (Å²) in [6.07, 6.45) is 2.24. The average molecular weight is 294 g/mol. The SMILES string of the molecule is CCNc1nc(C)c2c(n1)N(CC)CC(c1ccccc1)=C2. The molecule has 0 atom stereocenters. The van der Waals surface area contributed by atoms with E-state index in [1.54, 1.807) is 0 Å². The van der Waals surface area contributed by atoms with E-state index in [4.69, 9.17) is 4.98 Å². The van der Waals surface area contributed by atoms with Crippen LogP contribution in [-0.4, -0.2) is 29.6 Å². The number of hydrogen-bond donors (Lipinski definition) is 1. The third-order valence-electron chi connectivity index (χ3n) is 3.96. The highest BCUT2D eigenvalue weighted by Crippen LogP contribution is 2.33. The third-order valence-corrected chi connectivity index (χ3v) is 3.96. The molecule has 2 aromatic rings. The van der Waals surface area contributed by atoms with Crippen molar-refractivity contribution < 1.29 is 0 Å². The summed E-state index contributed by atoms with van der Waals surface area (Å²) in [5.41, 5.74) is 4.74. The zero-order valence-corrected chi connectivity index (χ0v) is 13.4. The summed E-state index contributed by atoms with van der Waals surface area (Å²) < 4.78 is 0. The summed E-state index contributed by atoms with van der Waals surface area (Å²) >= 11 is 0. The maximum Gasteiger partial charge on any atom is 0.224 e. The highest BCUT2D eigenvalue weighted by atomic mass is 15.2. The first-order valence-electron chi connectivity index (χ1n) is 7.86. The van der Waals surface area contributed by atoms with Gasteiger partial charge in [-0.25, -0.2) is 4.98 Å². The van der Waals surface area contributed by atoms with Gasteiger partial charge in [-0.1, -0.05) is 30.3 Å².